The van der Waals surface area contributed by atoms with E-state index in [4.69, 9.17) is 14.2 Å². The number of nitrogens with one attached hydrogen (secondary N) is 2. The molecule has 4 aromatic rings. The molecule has 4 rings (SSSR count). The Bertz CT molecular complexity index is 1770. The number of aromatic nitrogens is 3. The van der Waals surface area contributed by atoms with Crippen molar-refractivity contribution in [2.45, 2.75) is 46.3 Å². The lowest BCUT2D eigenvalue weighted by atomic mass is 10.1. The van der Waals surface area contributed by atoms with Crippen molar-refractivity contribution >= 4 is 51.9 Å². The fraction of sp³-hybridized carbons (Fsp3) is 0.312. The average Bonchev–Trinajstić information content (AvgIpc) is 3.60. The first-order valence-electron chi connectivity index (χ1n) is 14.4. The molecular weight excluding hydrogens is 631 g/mol. The summed E-state index contributed by atoms with van der Waals surface area (Å²) >= 11 is 2.09. The molecule has 0 aliphatic rings. The van der Waals surface area contributed by atoms with Crippen LogP contribution in [-0.2, 0) is 20.8 Å². The van der Waals surface area contributed by atoms with Crippen molar-refractivity contribution in [3.63, 3.8) is 0 Å². The van der Waals surface area contributed by atoms with E-state index in [1.165, 1.54) is 7.11 Å². The quantitative estimate of drug-likeness (QED) is 0.143. The van der Waals surface area contributed by atoms with Crippen molar-refractivity contribution in [1.82, 2.24) is 20.1 Å². The largest absolute Gasteiger partial charge is 0.497 e. The number of aryl methyl sites for hydroxylation is 2. The van der Waals surface area contributed by atoms with Gasteiger partial charge in [-0.25, -0.2) is 9.59 Å². The number of nitrogens with zero attached hydrogens (tertiary/aromatic N) is 3. The molecule has 12 nitrogen and oxygen atoms in total. The summed E-state index contributed by atoms with van der Waals surface area (Å²) in [6.07, 6.45) is 0. The molecule has 2 N–H and O–H groups in total. The van der Waals surface area contributed by atoms with Gasteiger partial charge < -0.3 is 24.8 Å². The Morgan fingerprint density at radius 2 is 1.70 bits per heavy atom. The maximum atomic E-state index is 13.2. The zero-order chi connectivity index (χ0) is 33.4. The van der Waals surface area contributed by atoms with Crippen LogP contribution in [0.5, 0.6) is 5.75 Å². The predicted octanol–water partition coefficient (Wildman–Crippen LogP) is 5.28. The first kappa shape index (κ1) is 34.2. The molecule has 0 saturated carbocycles. The molecule has 2 heterocycles. The highest BCUT2D eigenvalue weighted by Crippen LogP contribution is 2.35. The number of hydrogen-bond donors (Lipinski definition) is 2. The number of ether oxygens (including phenoxy) is 3. The van der Waals surface area contributed by atoms with Crippen LogP contribution >= 0.6 is 23.1 Å². The summed E-state index contributed by atoms with van der Waals surface area (Å²) in [5.41, 5.74) is 3.67. The highest BCUT2D eigenvalue weighted by Gasteiger charge is 2.28. The Morgan fingerprint density at radius 1 is 0.957 bits per heavy atom. The number of esters is 2. The molecule has 0 unspecified atom stereocenters. The smallest absolute Gasteiger partial charge is 0.348 e. The fourth-order valence-corrected chi connectivity index (χ4v) is 6.34. The van der Waals surface area contributed by atoms with Gasteiger partial charge in [0, 0.05) is 5.56 Å². The number of rotatable bonds is 13. The Balaban J connectivity index is 1.57. The van der Waals surface area contributed by atoms with Crippen LogP contribution in [0.4, 0.5) is 5.00 Å². The molecule has 0 aliphatic carbocycles. The predicted molar refractivity (Wildman–Crippen MR) is 175 cm³/mol. The van der Waals surface area contributed by atoms with Gasteiger partial charge in [0.25, 0.3) is 5.91 Å². The molecule has 0 bridgehead atoms. The van der Waals surface area contributed by atoms with E-state index in [-0.39, 0.29) is 46.9 Å². The second kappa shape index (κ2) is 15.5. The summed E-state index contributed by atoms with van der Waals surface area (Å²) in [6.45, 7) is 9.24. The summed E-state index contributed by atoms with van der Waals surface area (Å²) in [4.78, 5) is 51.6. The third-order valence-corrected chi connectivity index (χ3v) is 8.83. The van der Waals surface area contributed by atoms with E-state index in [9.17, 15) is 19.2 Å². The number of carbonyl (C=O) groups excluding carboxylic acids is 4. The van der Waals surface area contributed by atoms with Gasteiger partial charge in [-0.2, -0.15) is 0 Å². The van der Waals surface area contributed by atoms with Gasteiger partial charge in [-0.05, 0) is 75.6 Å². The van der Waals surface area contributed by atoms with Crippen LogP contribution in [0, 0.1) is 20.8 Å². The maximum Gasteiger partial charge on any atom is 0.348 e. The van der Waals surface area contributed by atoms with Gasteiger partial charge in [0.05, 0.1) is 43.9 Å². The van der Waals surface area contributed by atoms with Gasteiger partial charge in [-0.1, -0.05) is 30.0 Å². The van der Waals surface area contributed by atoms with E-state index in [1.54, 1.807) is 45.0 Å². The van der Waals surface area contributed by atoms with Gasteiger partial charge in [-0.3, -0.25) is 14.2 Å². The first-order chi connectivity index (χ1) is 22.1. The second-order valence-corrected chi connectivity index (χ2v) is 11.9. The van der Waals surface area contributed by atoms with Gasteiger partial charge in [0.2, 0.25) is 5.91 Å². The minimum absolute atomic E-state index is 0.0667. The number of amides is 2. The third kappa shape index (κ3) is 7.93. The number of anilines is 1. The number of methoxy groups -OCH3 is 1. The Kier molecular flexibility index (Phi) is 11.6. The highest BCUT2D eigenvalue weighted by molar-refractivity contribution is 7.99. The van der Waals surface area contributed by atoms with Crippen LogP contribution in [0.15, 0.2) is 47.6 Å². The fourth-order valence-electron chi connectivity index (χ4n) is 4.47. The number of thioether (sulfide) groups is 1. The van der Waals surface area contributed by atoms with Gasteiger partial charge in [0.15, 0.2) is 11.0 Å². The molecule has 0 spiro atoms. The molecule has 2 aromatic heterocycles. The van der Waals surface area contributed by atoms with Crippen molar-refractivity contribution < 1.29 is 33.4 Å². The summed E-state index contributed by atoms with van der Waals surface area (Å²) in [5, 5.41) is 15.0. The highest BCUT2D eigenvalue weighted by atomic mass is 32.2. The summed E-state index contributed by atoms with van der Waals surface area (Å²) < 4.78 is 17.3. The molecule has 2 aromatic carbocycles. The number of carbonyl (C=O) groups is 4. The van der Waals surface area contributed by atoms with E-state index in [2.05, 4.69) is 20.8 Å². The molecule has 242 valence electrons. The monoisotopic (exact) mass is 665 g/mol. The number of hydrogen-bond acceptors (Lipinski definition) is 11. The molecule has 0 aliphatic heterocycles. The van der Waals surface area contributed by atoms with E-state index in [0.29, 0.717) is 27.9 Å². The minimum Gasteiger partial charge on any atom is -0.497 e. The summed E-state index contributed by atoms with van der Waals surface area (Å²) in [7, 11) is 1.53. The Morgan fingerprint density at radius 3 is 2.41 bits per heavy atom. The second-order valence-electron chi connectivity index (χ2n) is 9.98. The van der Waals surface area contributed by atoms with Crippen LogP contribution in [-0.4, -0.2) is 64.6 Å². The lowest BCUT2D eigenvalue weighted by molar-refractivity contribution is -0.113. The van der Waals surface area contributed by atoms with Crippen molar-refractivity contribution in [2.24, 2.45) is 0 Å². The molecule has 0 saturated heterocycles. The first-order valence-corrected chi connectivity index (χ1v) is 16.2. The molecule has 46 heavy (non-hydrogen) atoms. The van der Waals surface area contributed by atoms with E-state index in [0.717, 1.165) is 39.9 Å². The topological polar surface area (TPSA) is 151 Å². The summed E-state index contributed by atoms with van der Waals surface area (Å²) in [5.74, 6) is -1.04. The van der Waals surface area contributed by atoms with Crippen molar-refractivity contribution in [2.75, 3.05) is 31.4 Å². The van der Waals surface area contributed by atoms with Gasteiger partial charge in [0.1, 0.15) is 15.6 Å². The molecule has 0 atom stereocenters. The van der Waals surface area contributed by atoms with Crippen LogP contribution in [0.1, 0.15) is 66.7 Å². The molecular formula is C32H35N5O7S2. The van der Waals surface area contributed by atoms with Crippen molar-refractivity contribution in [3.8, 4) is 11.4 Å². The van der Waals surface area contributed by atoms with Crippen LogP contribution in [0.2, 0.25) is 0 Å². The van der Waals surface area contributed by atoms with Crippen molar-refractivity contribution in [1.29, 1.82) is 0 Å². The standard InChI is InChI=1S/C32H35N5O7S2/c1-7-43-30(40)26-20(5)27(31(41)44-8-2)46-29(26)34-25(38)17-45-32-36-35-24(37(32)23-14-18(3)12-13-19(23)4)16-33-28(39)21-10-9-11-22(15-21)42-6/h9-15H,7-8,16-17H2,1-6H3,(H,33,39)(H,34,38). The van der Waals surface area contributed by atoms with Crippen LogP contribution in [0.3, 0.4) is 0 Å². The van der Waals surface area contributed by atoms with Crippen LogP contribution < -0.4 is 15.4 Å². The maximum absolute atomic E-state index is 13.2. The Hall–Kier alpha value is -4.69. The molecule has 0 fully saturated rings. The van der Waals surface area contributed by atoms with Crippen LogP contribution in [0.25, 0.3) is 5.69 Å². The molecule has 14 heteroatoms. The van der Waals surface area contributed by atoms with E-state index < -0.39 is 17.8 Å². The lowest BCUT2D eigenvalue weighted by Gasteiger charge is -2.14. The van der Waals surface area contributed by atoms with E-state index >= 15 is 0 Å². The molecule has 0 radical (unpaired) electrons. The zero-order valence-corrected chi connectivity index (χ0v) is 28.0. The average molecular weight is 666 g/mol. The SMILES string of the molecule is CCOC(=O)c1sc(NC(=O)CSc2nnc(CNC(=O)c3cccc(OC)c3)n2-c2cc(C)ccc2C)c(C(=O)OCC)c1C. The Labute approximate surface area is 274 Å². The third-order valence-electron chi connectivity index (χ3n) is 6.72. The van der Waals surface area contributed by atoms with Gasteiger partial charge >= 0.3 is 11.9 Å². The lowest BCUT2D eigenvalue weighted by Crippen LogP contribution is -2.25. The van der Waals surface area contributed by atoms with E-state index in [1.807, 2.05) is 36.6 Å². The normalized spacial score (nSPS) is 10.7. The number of thiophene rings is 1. The minimum atomic E-state index is -0.648. The molecule has 2 amide bonds. The zero-order valence-electron chi connectivity index (χ0n) is 26.4. The number of benzene rings is 2. The summed E-state index contributed by atoms with van der Waals surface area (Å²) in [6, 6.07) is 12.8. The van der Waals surface area contributed by atoms with Crippen molar-refractivity contribution in [3.05, 3.63) is 81.0 Å². The van der Waals surface area contributed by atoms with Gasteiger partial charge in [-0.15, -0.1) is 21.5 Å².